The summed E-state index contributed by atoms with van der Waals surface area (Å²) in [4.78, 5) is 24.4. The van der Waals surface area contributed by atoms with Crippen LogP contribution in [0.3, 0.4) is 0 Å². The van der Waals surface area contributed by atoms with Crippen LogP contribution >= 0.6 is 0 Å². The molecule has 1 N–H and O–H groups in total. The lowest BCUT2D eigenvalue weighted by Crippen LogP contribution is -2.43. The summed E-state index contributed by atoms with van der Waals surface area (Å²) in [7, 11) is 1.57. The highest BCUT2D eigenvalue weighted by molar-refractivity contribution is 5.86. The van der Waals surface area contributed by atoms with Gasteiger partial charge in [-0.1, -0.05) is 12.8 Å². The van der Waals surface area contributed by atoms with Crippen LogP contribution in [0.2, 0.25) is 0 Å². The Morgan fingerprint density at radius 1 is 1.33 bits per heavy atom. The van der Waals surface area contributed by atoms with Gasteiger partial charge >= 0.3 is 5.97 Å². The second-order valence-corrected chi connectivity index (χ2v) is 4.99. The largest absolute Gasteiger partial charge is 0.480 e. The van der Waals surface area contributed by atoms with E-state index in [9.17, 15) is 9.59 Å². The molecule has 0 aromatic heterocycles. The minimum absolute atomic E-state index is 0.0397. The third-order valence-electron chi connectivity index (χ3n) is 3.66. The van der Waals surface area contributed by atoms with Crippen LogP contribution in [0.15, 0.2) is 0 Å². The number of aliphatic carboxylic acids is 1. The number of carboxylic acid groups (broad SMARTS) is 1. The average Bonchev–Trinajstić information content (AvgIpc) is 2.77. The Bertz CT molecular complexity index is 297. The molecule has 0 unspecified atom stereocenters. The minimum Gasteiger partial charge on any atom is -0.480 e. The number of hydrogen-bond donors (Lipinski definition) is 1. The average molecular weight is 257 g/mol. The van der Waals surface area contributed by atoms with Gasteiger partial charge in [-0.05, 0) is 26.2 Å². The topological polar surface area (TPSA) is 66.8 Å². The van der Waals surface area contributed by atoms with Crippen molar-refractivity contribution in [3.8, 4) is 0 Å². The molecular formula is C13H23NO4. The molecule has 0 aliphatic heterocycles. The lowest BCUT2D eigenvalue weighted by molar-refractivity contribution is -0.149. The fraction of sp³-hybridized carbons (Fsp3) is 0.846. The van der Waals surface area contributed by atoms with Crippen molar-refractivity contribution in [3.63, 3.8) is 0 Å². The van der Waals surface area contributed by atoms with Gasteiger partial charge in [0.25, 0.3) is 0 Å². The number of carbonyl (C=O) groups is 2. The zero-order valence-corrected chi connectivity index (χ0v) is 11.3. The van der Waals surface area contributed by atoms with E-state index in [4.69, 9.17) is 9.84 Å². The summed E-state index contributed by atoms with van der Waals surface area (Å²) in [5.41, 5.74) is -0.390. The standard InChI is InChI=1S/C13H23NO4/c1-3-18-9-8-13(6-4-5-7-13)12(17)14(2)10-11(15)16/h3-10H2,1-2H3,(H,15,16). The highest BCUT2D eigenvalue weighted by Crippen LogP contribution is 2.42. The lowest BCUT2D eigenvalue weighted by atomic mass is 9.81. The lowest BCUT2D eigenvalue weighted by Gasteiger charge is -2.31. The van der Waals surface area contributed by atoms with Gasteiger partial charge in [-0.25, -0.2) is 0 Å². The number of ether oxygens (including phenoxy) is 1. The maximum atomic E-state index is 12.4. The predicted octanol–water partition coefficient (Wildman–Crippen LogP) is 1.52. The van der Waals surface area contributed by atoms with E-state index in [-0.39, 0.29) is 17.9 Å². The van der Waals surface area contributed by atoms with Crippen LogP contribution in [0.25, 0.3) is 0 Å². The van der Waals surface area contributed by atoms with Crippen molar-refractivity contribution >= 4 is 11.9 Å². The quantitative estimate of drug-likeness (QED) is 0.702. The highest BCUT2D eigenvalue weighted by Gasteiger charge is 2.42. The van der Waals surface area contributed by atoms with Crippen molar-refractivity contribution in [1.29, 1.82) is 0 Å². The summed E-state index contributed by atoms with van der Waals surface area (Å²) < 4.78 is 5.34. The number of carboxylic acids is 1. The first kappa shape index (κ1) is 15.0. The zero-order valence-electron chi connectivity index (χ0n) is 11.3. The molecular weight excluding hydrogens is 234 g/mol. The summed E-state index contributed by atoms with van der Waals surface area (Å²) in [5, 5.41) is 8.76. The Morgan fingerprint density at radius 3 is 2.44 bits per heavy atom. The third-order valence-corrected chi connectivity index (χ3v) is 3.66. The highest BCUT2D eigenvalue weighted by atomic mass is 16.5. The Morgan fingerprint density at radius 2 is 1.94 bits per heavy atom. The maximum Gasteiger partial charge on any atom is 0.323 e. The number of nitrogens with zero attached hydrogens (tertiary/aromatic N) is 1. The molecule has 1 rings (SSSR count). The molecule has 0 aromatic rings. The molecule has 1 aliphatic rings. The Kier molecular flexibility index (Phi) is 5.59. The molecule has 0 bridgehead atoms. The van der Waals surface area contributed by atoms with Crippen LogP contribution in [0.1, 0.15) is 39.0 Å². The van der Waals surface area contributed by atoms with Crippen molar-refractivity contribution in [2.75, 3.05) is 26.8 Å². The fourth-order valence-electron chi connectivity index (χ4n) is 2.71. The molecule has 1 aliphatic carbocycles. The van der Waals surface area contributed by atoms with E-state index in [1.807, 2.05) is 6.92 Å². The van der Waals surface area contributed by atoms with E-state index in [0.717, 1.165) is 25.7 Å². The van der Waals surface area contributed by atoms with Crippen LogP contribution < -0.4 is 0 Å². The van der Waals surface area contributed by atoms with Crippen molar-refractivity contribution in [3.05, 3.63) is 0 Å². The number of hydrogen-bond acceptors (Lipinski definition) is 3. The zero-order chi connectivity index (χ0) is 13.6. The van der Waals surface area contributed by atoms with Crippen LogP contribution in [-0.2, 0) is 14.3 Å². The van der Waals surface area contributed by atoms with Crippen molar-refractivity contribution in [1.82, 2.24) is 4.90 Å². The molecule has 0 saturated heterocycles. The van der Waals surface area contributed by atoms with Crippen molar-refractivity contribution < 1.29 is 19.4 Å². The monoisotopic (exact) mass is 257 g/mol. The van der Waals surface area contributed by atoms with Gasteiger partial charge in [-0.3, -0.25) is 9.59 Å². The van der Waals surface area contributed by atoms with E-state index < -0.39 is 5.97 Å². The molecule has 1 saturated carbocycles. The number of rotatable bonds is 7. The summed E-state index contributed by atoms with van der Waals surface area (Å²) in [6.07, 6.45) is 4.48. The van der Waals surface area contributed by atoms with E-state index in [2.05, 4.69) is 0 Å². The minimum atomic E-state index is -0.969. The van der Waals surface area contributed by atoms with Gasteiger partial charge in [0.15, 0.2) is 0 Å². The molecule has 1 fully saturated rings. The van der Waals surface area contributed by atoms with Crippen molar-refractivity contribution in [2.24, 2.45) is 5.41 Å². The Hall–Kier alpha value is -1.10. The summed E-state index contributed by atoms with van der Waals surface area (Å²) in [6, 6.07) is 0. The smallest absolute Gasteiger partial charge is 0.323 e. The molecule has 0 spiro atoms. The molecule has 5 heteroatoms. The number of carbonyl (C=O) groups excluding carboxylic acids is 1. The van der Waals surface area contributed by atoms with Crippen LogP contribution in [0, 0.1) is 5.41 Å². The fourth-order valence-corrected chi connectivity index (χ4v) is 2.71. The normalized spacial score (nSPS) is 17.7. The van der Waals surface area contributed by atoms with E-state index in [0.29, 0.717) is 19.6 Å². The summed E-state index contributed by atoms with van der Waals surface area (Å²) in [5.74, 6) is -1.01. The molecule has 104 valence electrons. The van der Waals surface area contributed by atoms with Gasteiger partial charge in [0.05, 0.1) is 5.41 Å². The van der Waals surface area contributed by atoms with Gasteiger partial charge in [0.1, 0.15) is 6.54 Å². The number of likely N-dealkylation sites (N-methyl/N-ethyl adjacent to an activating group) is 1. The predicted molar refractivity (Wildman–Crippen MR) is 67.3 cm³/mol. The first-order valence-corrected chi connectivity index (χ1v) is 6.57. The van der Waals surface area contributed by atoms with E-state index in [1.165, 1.54) is 4.90 Å². The Labute approximate surface area is 108 Å². The second kappa shape index (κ2) is 6.73. The second-order valence-electron chi connectivity index (χ2n) is 4.99. The van der Waals surface area contributed by atoms with Gasteiger partial charge < -0.3 is 14.7 Å². The maximum absolute atomic E-state index is 12.4. The number of amides is 1. The molecule has 0 radical (unpaired) electrons. The SMILES string of the molecule is CCOCCC1(C(=O)N(C)CC(=O)O)CCCC1. The molecule has 18 heavy (non-hydrogen) atoms. The van der Waals surface area contributed by atoms with Crippen LogP contribution in [0.4, 0.5) is 0 Å². The van der Waals surface area contributed by atoms with E-state index >= 15 is 0 Å². The van der Waals surface area contributed by atoms with Crippen LogP contribution in [-0.4, -0.2) is 48.7 Å². The van der Waals surface area contributed by atoms with Gasteiger partial charge in [0.2, 0.25) is 5.91 Å². The van der Waals surface area contributed by atoms with Gasteiger partial charge in [-0.15, -0.1) is 0 Å². The summed E-state index contributed by atoms with van der Waals surface area (Å²) in [6.45, 7) is 2.92. The summed E-state index contributed by atoms with van der Waals surface area (Å²) >= 11 is 0. The van der Waals surface area contributed by atoms with Crippen molar-refractivity contribution in [2.45, 2.75) is 39.0 Å². The van der Waals surface area contributed by atoms with Gasteiger partial charge in [-0.2, -0.15) is 0 Å². The third kappa shape index (κ3) is 3.70. The Balaban J connectivity index is 2.65. The first-order chi connectivity index (χ1) is 8.52. The van der Waals surface area contributed by atoms with Crippen LogP contribution in [0.5, 0.6) is 0 Å². The molecule has 0 atom stereocenters. The molecule has 0 heterocycles. The first-order valence-electron chi connectivity index (χ1n) is 6.57. The molecule has 1 amide bonds. The van der Waals surface area contributed by atoms with Gasteiger partial charge in [0, 0.05) is 20.3 Å². The van der Waals surface area contributed by atoms with E-state index in [1.54, 1.807) is 7.05 Å². The molecule has 0 aromatic carbocycles. The molecule has 5 nitrogen and oxygen atoms in total.